The molecule has 1 aliphatic heterocycles. The molecule has 17 heavy (non-hydrogen) atoms. The van der Waals surface area contributed by atoms with Gasteiger partial charge in [-0.25, -0.2) is 0 Å². The smallest absolute Gasteiger partial charge is 0.283 e. The minimum atomic E-state index is -3.60. The Bertz CT molecular complexity index is 534. The summed E-state index contributed by atoms with van der Waals surface area (Å²) in [5.41, 5.74) is 6.05. The standard InChI is InChI=1S/C11H15N3O2S/c1-14-8-2-3-11(14)13-17(15,16)10-6-4-9(12)5-7-10/h4-7H,2-3,8,12H2,1H3/b13-11+. The Kier molecular flexibility index (Phi) is 3.06. The van der Waals surface area contributed by atoms with Gasteiger partial charge in [0.15, 0.2) is 0 Å². The fourth-order valence-electron chi connectivity index (χ4n) is 1.74. The molecule has 0 amide bonds. The van der Waals surface area contributed by atoms with Gasteiger partial charge in [0.05, 0.1) is 4.90 Å². The average Bonchev–Trinajstić information content (AvgIpc) is 2.64. The second-order valence-corrected chi connectivity index (χ2v) is 5.68. The van der Waals surface area contributed by atoms with E-state index in [-0.39, 0.29) is 4.90 Å². The molecule has 0 atom stereocenters. The van der Waals surface area contributed by atoms with Crippen LogP contribution < -0.4 is 5.73 Å². The van der Waals surface area contributed by atoms with Crippen LogP contribution in [0.3, 0.4) is 0 Å². The molecule has 0 saturated carbocycles. The van der Waals surface area contributed by atoms with Gasteiger partial charge in [0, 0.05) is 25.7 Å². The Morgan fingerprint density at radius 3 is 2.47 bits per heavy atom. The van der Waals surface area contributed by atoms with Crippen LogP contribution in [0.5, 0.6) is 0 Å². The molecule has 1 aromatic rings. The maximum absolute atomic E-state index is 12.0. The highest BCUT2D eigenvalue weighted by Gasteiger charge is 2.19. The molecule has 6 heteroatoms. The zero-order valence-corrected chi connectivity index (χ0v) is 10.4. The number of nitrogens with two attached hydrogens (primary N) is 1. The quantitative estimate of drug-likeness (QED) is 0.800. The topological polar surface area (TPSA) is 75.8 Å². The van der Waals surface area contributed by atoms with Gasteiger partial charge >= 0.3 is 0 Å². The van der Waals surface area contributed by atoms with Crippen molar-refractivity contribution < 1.29 is 8.42 Å². The lowest BCUT2D eigenvalue weighted by Gasteiger charge is -2.10. The van der Waals surface area contributed by atoms with Crippen molar-refractivity contribution >= 4 is 21.5 Å². The molecule has 1 saturated heterocycles. The molecule has 0 unspecified atom stereocenters. The molecular formula is C11H15N3O2S. The summed E-state index contributed by atoms with van der Waals surface area (Å²) in [5.74, 6) is 0.627. The van der Waals surface area contributed by atoms with Crippen LogP contribution in [0.1, 0.15) is 12.8 Å². The van der Waals surface area contributed by atoms with E-state index in [1.165, 1.54) is 12.1 Å². The van der Waals surface area contributed by atoms with Crippen molar-refractivity contribution in [2.24, 2.45) is 4.40 Å². The van der Waals surface area contributed by atoms with Crippen LogP contribution in [0.25, 0.3) is 0 Å². The van der Waals surface area contributed by atoms with Gasteiger partial charge in [0.1, 0.15) is 5.84 Å². The maximum atomic E-state index is 12.0. The van der Waals surface area contributed by atoms with Crippen LogP contribution in [-0.2, 0) is 10.0 Å². The molecule has 0 spiro atoms. The molecule has 92 valence electrons. The summed E-state index contributed by atoms with van der Waals surface area (Å²) in [6.07, 6.45) is 1.66. The van der Waals surface area contributed by atoms with Gasteiger partial charge in [-0.1, -0.05) is 0 Å². The number of hydrogen-bond donors (Lipinski definition) is 1. The molecule has 2 N–H and O–H groups in total. The molecule has 1 fully saturated rings. The van der Waals surface area contributed by atoms with Crippen molar-refractivity contribution in [2.75, 3.05) is 19.3 Å². The first kappa shape index (κ1) is 11.9. The number of amidine groups is 1. The zero-order valence-electron chi connectivity index (χ0n) is 9.63. The number of nitrogens with zero attached hydrogens (tertiary/aromatic N) is 2. The normalized spacial score (nSPS) is 18.9. The molecule has 0 bridgehead atoms. The summed E-state index contributed by atoms with van der Waals surface area (Å²) < 4.78 is 27.8. The van der Waals surface area contributed by atoms with Crippen LogP contribution in [0.15, 0.2) is 33.6 Å². The van der Waals surface area contributed by atoms with Gasteiger partial charge in [-0.2, -0.15) is 8.42 Å². The van der Waals surface area contributed by atoms with E-state index in [9.17, 15) is 8.42 Å². The number of likely N-dealkylation sites (tertiary alicyclic amines) is 1. The van der Waals surface area contributed by atoms with Crippen molar-refractivity contribution in [3.63, 3.8) is 0 Å². The molecule has 0 aromatic heterocycles. The van der Waals surface area contributed by atoms with Crippen molar-refractivity contribution in [3.05, 3.63) is 24.3 Å². The third-order valence-corrected chi connectivity index (χ3v) is 4.06. The zero-order chi connectivity index (χ0) is 12.5. The average molecular weight is 253 g/mol. The van der Waals surface area contributed by atoms with Crippen molar-refractivity contribution in [1.29, 1.82) is 0 Å². The van der Waals surface area contributed by atoms with Crippen LogP contribution >= 0.6 is 0 Å². The predicted octanol–water partition coefficient (Wildman–Crippen LogP) is 1.08. The number of hydrogen-bond acceptors (Lipinski definition) is 3. The number of nitrogen functional groups attached to an aromatic ring is 1. The number of rotatable bonds is 2. The van der Waals surface area contributed by atoms with E-state index in [0.717, 1.165) is 13.0 Å². The fraction of sp³-hybridized carbons (Fsp3) is 0.364. The van der Waals surface area contributed by atoms with E-state index >= 15 is 0 Å². The Balaban J connectivity index is 2.34. The molecule has 2 rings (SSSR count). The SMILES string of the molecule is CN1CCC/C1=N\S(=O)(=O)c1ccc(N)cc1. The Hall–Kier alpha value is -1.56. The van der Waals surface area contributed by atoms with Crippen LogP contribution in [0.4, 0.5) is 5.69 Å². The van der Waals surface area contributed by atoms with Crippen molar-refractivity contribution in [2.45, 2.75) is 17.7 Å². The molecule has 0 radical (unpaired) electrons. The van der Waals surface area contributed by atoms with Crippen molar-refractivity contribution in [1.82, 2.24) is 4.90 Å². The Morgan fingerprint density at radius 1 is 1.29 bits per heavy atom. The first-order valence-electron chi connectivity index (χ1n) is 5.39. The highest BCUT2D eigenvalue weighted by atomic mass is 32.2. The van der Waals surface area contributed by atoms with Gasteiger partial charge in [0.2, 0.25) is 0 Å². The monoisotopic (exact) mass is 253 g/mol. The second-order valence-electron chi connectivity index (χ2n) is 4.08. The summed E-state index contributed by atoms with van der Waals surface area (Å²) >= 11 is 0. The summed E-state index contributed by atoms with van der Waals surface area (Å²) in [7, 11) is -1.75. The van der Waals surface area contributed by atoms with Gasteiger partial charge in [0.25, 0.3) is 10.0 Å². The lowest BCUT2D eigenvalue weighted by Crippen LogP contribution is -2.20. The molecule has 1 aromatic carbocycles. The van der Waals surface area contributed by atoms with E-state index in [2.05, 4.69) is 4.40 Å². The van der Waals surface area contributed by atoms with Crippen molar-refractivity contribution in [3.8, 4) is 0 Å². The highest BCUT2D eigenvalue weighted by Crippen LogP contribution is 2.17. The third kappa shape index (κ3) is 2.58. The van der Waals surface area contributed by atoms with Gasteiger partial charge in [-0.05, 0) is 30.7 Å². The molecule has 0 aliphatic carbocycles. The van der Waals surface area contributed by atoms with E-state index in [1.807, 2.05) is 11.9 Å². The minimum Gasteiger partial charge on any atom is -0.399 e. The lowest BCUT2D eigenvalue weighted by atomic mass is 10.3. The Morgan fingerprint density at radius 2 is 1.94 bits per heavy atom. The third-order valence-electron chi connectivity index (χ3n) is 2.74. The first-order valence-corrected chi connectivity index (χ1v) is 6.83. The Labute approximate surface area is 101 Å². The number of benzene rings is 1. The lowest BCUT2D eigenvalue weighted by molar-refractivity contribution is 0.548. The maximum Gasteiger partial charge on any atom is 0.283 e. The molecular weight excluding hydrogens is 238 g/mol. The summed E-state index contributed by atoms with van der Waals surface area (Å²) in [4.78, 5) is 2.05. The molecule has 1 heterocycles. The highest BCUT2D eigenvalue weighted by molar-refractivity contribution is 7.90. The van der Waals surface area contributed by atoms with E-state index in [0.29, 0.717) is 17.9 Å². The second kappa shape index (κ2) is 4.37. The van der Waals surface area contributed by atoms with E-state index in [4.69, 9.17) is 5.73 Å². The molecule has 5 nitrogen and oxygen atoms in total. The van der Waals surface area contributed by atoms with Gasteiger partial charge in [-0.15, -0.1) is 4.40 Å². The van der Waals surface area contributed by atoms with E-state index < -0.39 is 10.0 Å². The summed E-state index contributed by atoms with van der Waals surface area (Å²) in [6, 6.07) is 6.07. The largest absolute Gasteiger partial charge is 0.399 e. The number of anilines is 1. The summed E-state index contributed by atoms with van der Waals surface area (Å²) in [5, 5.41) is 0. The van der Waals surface area contributed by atoms with Crippen LogP contribution in [0, 0.1) is 0 Å². The predicted molar refractivity (Wildman–Crippen MR) is 67.3 cm³/mol. The van der Waals surface area contributed by atoms with Gasteiger partial charge < -0.3 is 10.6 Å². The molecule has 1 aliphatic rings. The van der Waals surface area contributed by atoms with Gasteiger partial charge in [-0.3, -0.25) is 0 Å². The van der Waals surface area contributed by atoms with Crippen LogP contribution in [-0.4, -0.2) is 32.7 Å². The minimum absolute atomic E-state index is 0.180. The van der Waals surface area contributed by atoms with Crippen LogP contribution in [0.2, 0.25) is 0 Å². The van der Waals surface area contributed by atoms with E-state index in [1.54, 1.807) is 12.1 Å². The fourth-order valence-corrected chi connectivity index (χ4v) is 2.83. The summed E-state index contributed by atoms with van der Waals surface area (Å²) in [6.45, 7) is 0.857. The first-order chi connectivity index (χ1) is 7.99. The number of sulfonamides is 1.